The Morgan fingerprint density at radius 2 is 1.80 bits per heavy atom. The Hall–Kier alpha value is -1.62. The number of ether oxygens (including phenoxy) is 2. The van der Waals surface area contributed by atoms with Crippen molar-refractivity contribution in [1.82, 2.24) is 4.72 Å². The molecule has 1 aliphatic carbocycles. The van der Waals surface area contributed by atoms with Gasteiger partial charge in [-0.3, -0.25) is 4.79 Å². The zero-order chi connectivity index (χ0) is 21.7. The van der Waals surface area contributed by atoms with Crippen LogP contribution in [-0.2, 0) is 14.8 Å². The first-order chi connectivity index (χ1) is 14.3. The third-order valence-electron chi connectivity index (χ3n) is 5.24. The second-order valence-corrected chi connectivity index (χ2v) is 11.6. The Labute approximate surface area is 189 Å². The minimum absolute atomic E-state index is 0.0234. The van der Waals surface area contributed by atoms with E-state index in [0.29, 0.717) is 27.9 Å². The van der Waals surface area contributed by atoms with Crippen LogP contribution in [0.2, 0.25) is 0 Å². The van der Waals surface area contributed by atoms with Gasteiger partial charge in [-0.1, -0.05) is 0 Å². The number of methoxy groups -OCH3 is 2. The van der Waals surface area contributed by atoms with Crippen molar-refractivity contribution in [2.24, 2.45) is 11.8 Å². The molecule has 0 saturated heterocycles. The standard InChI is InChI=1S/C20H25BrN2O5S2/c1-27-16-8-7-15(11-17(16)28-2)23-20(24)14-5-3-13(4-6-14)12-22-30(25,26)19-10-9-18(21)29-19/h7-11,13-14,22H,3-6,12H2,1-2H3,(H,23,24). The van der Waals surface area contributed by atoms with E-state index in [4.69, 9.17) is 9.47 Å². The topological polar surface area (TPSA) is 93.7 Å². The first-order valence-corrected chi connectivity index (χ1v) is 12.7. The zero-order valence-corrected chi connectivity index (χ0v) is 20.0. The fourth-order valence-electron chi connectivity index (χ4n) is 3.53. The summed E-state index contributed by atoms with van der Waals surface area (Å²) >= 11 is 4.47. The molecule has 0 unspecified atom stereocenters. The van der Waals surface area contributed by atoms with E-state index >= 15 is 0 Å². The minimum atomic E-state index is -3.48. The van der Waals surface area contributed by atoms with Crippen molar-refractivity contribution in [2.75, 3.05) is 26.1 Å². The van der Waals surface area contributed by atoms with Crippen molar-refractivity contribution in [3.8, 4) is 11.5 Å². The van der Waals surface area contributed by atoms with E-state index in [2.05, 4.69) is 26.0 Å². The fourth-order valence-corrected chi connectivity index (χ4v) is 6.70. The normalized spacial score (nSPS) is 19.3. The van der Waals surface area contributed by atoms with Crippen molar-refractivity contribution in [2.45, 2.75) is 29.9 Å². The molecule has 1 saturated carbocycles. The number of hydrogen-bond acceptors (Lipinski definition) is 6. The molecule has 2 aromatic rings. The number of carbonyl (C=O) groups is 1. The number of thiophene rings is 1. The summed E-state index contributed by atoms with van der Waals surface area (Å²) in [6.45, 7) is 0.391. The van der Waals surface area contributed by atoms with E-state index in [-0.39, 0.29) is 17.7 Å². The van der Waals surface area contributed by atoms with Crippen LogP contribution in [0.25, 0.3) is 0 Å². The molecule has 0 radical (unpaired) electrons. The molecule has 1 heterocycles. The van der Waals surface area contributed by atoms with Crippen LogP contribution < -0.4 is 19.5 Å². The van der Waals surface area contributed by atoms with Gasteiger partial charge in [0.25, 0.3) is 0 Å². The van der Waals surface area contributed by atoms with Gasteiger partial charge in [0.05, 0.1) is 18.0 Å². The van der Waals surface area contributed by atoms with Gasteiger partial charge >= 0.3 is 0 Å². The Morgan fingerprint density at radius 1 is 1.10 bits per heavy atom. The maximum absolute atomic E-state index is 12.6. The average Bonchev–Trinajstić information content (AvgIpc) is 3.20. The van der Waals surface area contributed by atoms with Gasteiger partial charge in [-0.2, -0.15) is 0 Å². The molecule has 1 aromatic carbocycles. The molecule has 0 atom stereocenters. The highest BCUT2D eigenvalue weighted by Gasteiger charge is 2.28. The molecular weight excluding hydrogens is 492 g/mol. The van der Waals surface area contributed by atoms with Crippen molar-refractivity contribution in [1.29, 1.82) is 0 Å². The maximum Gasteiger partial charge on any atom is 0.250 e. The lowest BCUT2D eigenvalue weighted by Gasteiger charge is -2.27. The highest BCUT2D eigenvalue weighted by atomic mass is 79.9. The van der Waals surface area contributed by atoms with Crippen LogP contribution in [0.5, 0.6) is 11.5 Å². The number of halogens is 1. The molecule has 0 spiro atoms. The van der Waals surface area contributed by atoms with Crippen LogP contribution >= 0.6 is 27.3 Å². The summed E-state index contributed by atoms with van der Waals surface area (Å²) in [4.78, 5) is 12.6. The van der Waals surface area contributed by atoms with Crippen LogP contribution in [0, 0.1) is 11.8 Å². The zero-order valence-electron chi connectivity index (χ0n) is 16.8. The molecule has 1 aromatic heterocycles. The molecule has 7 nitrogen and oxygen atoms in total. The number of carbonyl (C=O) groups excluding carboxylic acids is 1. The number of nitrogens with one attached hydrogen (secondary N) is 2. The number of rotatable bonds is 8. The Bertz CT molecular complexity index is 985. The molecule has 164 valence electrons. The van der Waals surface area contributed by atoms with E-state index in [9.17, 15) is 13.2 Å². The molecule has 0 bridgehead atoms. The average molecular weight is 517 g/mol. The Balaban J connectivity index is 1.48. The van der Waals surface area contributed by atoms with Gasteiger partial charge in [0.15, 0.2) is 11.5 Å². The predicted molar refractivity (Wildman–Crippen MR) is 121 cm³/mol. The van der Waals surface area contributed by atoms with Gasteiger partial charge in [0, 0.05) is 24.2 Å². The quantitative estimate of drug-likeness (QED) is 0.546. The molecule has 10 heteroatoms. The highest BCUT2D eigenvalue weighted by molar-refractivity contribution is 9.11. The first kappa shape index (κ1) is 23.1. The maximum atomic E-state index is 12.6. The third-order valence-corrected chi connectivity index (χ3v) is 8.78. The van der Waals surface area contributed by atoms with Gasteiger partial charge in [0.2, 0.25) is 15.9 Å². The molecule has 3 rings (SSSR count). The van der Waals surface area contributed by atoms with Crippen molar-refractivity contribution < 1.29 is 22.7 Å². The molecular formula is C20H25BrN2O5S2. The third kappa shape index (κ3) is 5.75. The second-order valence-electron chi connectivity index (χ2n) is 7.19. The van der Waals surface area contributed by atoms with Crippen molar-refractivity contribution >= 4 is 48.9 Å². The van der Waals surface area contributed by atoms with Gasteiger partial charge in [-0.15, -0.1) is 11.3 Å². The number of anilines is 1. The van der Waals surface area contributed by atoms with E-state index < -0.39 is 10.0 Å². The number of sulfonamides is 1. The van der Waals surface area contributed by atoms with Gasteiger partial charge < -0.3 is 14.8 Å². The SMILES string of the molecule is COc1ccc(NC(=O)C2CCC(CNS(=O)(=O)c3ccc(Br)s3)CC2)cc1OC. The first-order valence-electron chi connectivity index (χ1n) is 9.60. The van der Waals surface area contributed by atoms with E-state index in [1.165, 1.54) is 11.3 Å². The summed E-state index contributed by atoms with van der Waals surface area (Å²) in [5.74, 6) is 1.29. The fraction of sp³-hybridized carbons (Fsp3) is 0.450. The molecule has 30 heavy (non-hydrogen) atoms. The monoisotopic (exact) mass is 516 g/mol. The molecule has 2 N–H and O–H groups in total. The Morgan fingerprint density at radius 3 is 2.40 bits per heavy atom. The van der Waals surface area contributed by atoms with Crippen LogP contribution in [-0.4, -0.2) is 35.1 Å². The van der Waals surface area contributed by atoms with E-state index in [1.54, 1.807) is 44.6 Å². The van der Waals surface area contributed by atoms with Crippen LogP contribution in [0.15, 0.2) is 38.3 Å². The molecule has 0 aliphatic heterocycles. The summed E-state index contributed by atoms with van der Waals surface area (Å²) in [6.07, 6.45) is 3.08. The molecule has 1 aliphatic rings. The summed E-state index contributed by atoms with van der Waals surface area (Å²) in [5.41, 5.74) is 0.662. The smallest absolute Gasteiger partial charge is 0.250 e. The van der Waals surface area contributed by atoms with Crippen molar-refractivity contribution in [3.63, 3.8) is 0 Å². The van der Waals surface area contributed by atoms with E-state index in [1.807, 2.05) is 0 Å². The number of hydrogen-bond donors (Lipinski definition) is 2. The van der Waals surface area contributed by atoms with Crippen LogP contribution in [0.3, 0.4) is 0 Å². The summed E-state index contributed by atoms with van der Waals surface area (Å²) in [5, 5.41) is 2.94. The summed E-state index contributed by atoms with van der Waals surface area (Å²) < 4.78 is 39.0. The summed E-state index contributed by atoms with van der Waals surface area (Å²) in [6, 6.07) is 8.58. The molecule has 1 fully saturated rings. The Kier molecular flexibility index (Phi) is 7.78. The van der Waals surface area contributed by atoms with Gasteiger partial charge in [-0.05, 0) is 71.8 Å². The second kappa shape index (κ2) is 10.1. The molecule has 1 amide bonds. The largest absolute Gasteiger partial charge is 0.493 e. The number of benzene rings is 1. The lowest BCUT2D eigenvalue weighted by atomic mass is 9.81. The van der Waals surface area contributed by atoms with Crippen molar-refractivity contribution in [3.05, 3.63) is 34.1 Å². The van der Waals surface area contributed by atoms with E-state index in [0.717, 1.165) is 29.5 Å². The summed E-state index contributed by atoms with van der Waals surface area (Å²) in [7, 11) is -0.369. The number of amides is 1. The predicted octanol–water partition coefficient (Wildman–Crippen LogP) is 4.25. The van der Waals surface area contributed by atoms with Gasteiger partial charge in [0.1, 0.15) is 4.21 Å². The minimum Gasteiger partial charge on any atom is -0.493 e. The van der Waals surface area contributed by atoms with Gasteiger partial charge in [-0.25, -0.2) is 13.1 Å². The lowest BCUT2D eigenvalue weighted by molar-refractivity contribution is -0.121. The van der Waals surface area contributed by atoms with Crippen LogP contribution in [0.1, 0.15) is 25.7 Å². The highest BCUT2D eigenvalue weighted by Crippen LogP contribution is 2.33. The lowest BCUT2D eigenvalue weighted by Crippen LogP contribution is -2.33. The van der Waals surface area contributed by atoms with Crippen LogP contribution in [0.4, 0.5) is 5.69 Å².